The monoisotopic (exact) mass is 297 g/mol. The van der Waals surface area contributed by atoms with Crippen molar-refractivity contribution in [1.82, 2.24) is 14.5 Å². The van der Waals surface area contributed by atoms with Crippen LogP contribution in [-0.4, -0.2) is 33.4 Å². The highest BCUT2D eigenvalue weighted by molar-refractivity contribution is 5.94. The molecule has 0 radical (unpaired) electrons. The Kier molecular flexibility index (Phi) is 4.56. The number of imidazole rings is 1. The Labute approximate surface area is 131 Å². The number of carbonyl (C=O) groups excluding carboxylic acids is 1. The Balaban J connectivity index is 1.47. The average Bonchev–Trinajstić information content (AvgIpc) is 2.99. The summed E-state index contributed by atoms with van der Waals surface area (Å²) >= 11 is 0. The first-order chi connectivity index (χ1) is 10.7. The molecule has 1 aliphatic heterocycles. The van der Waals surface area contributed by atoms with Crippen LogP contribution in [0.5, 0.6) is 0 Å². The van der Waals surface area contributed by atoms with Gasteiger partial charge in [-0.25, -0.2) is 4.98 Å². The molecule has 1 fully saturated rings. The molecule has 0 bridgehead atoms. The molecule has 4 heteroatoms. The Morgan fingerprint density at radius 2 is 1.95 bits per heavy atom. The summed E-state index contributed by atoms with van der Waals surface area (Å²) in [6.07, 6.45) is 7.37. The summed E-state index contributed by atoms with van der Waals surface area (Å²) < 4.78 is 2.16. The highest BCUT2D eigenvalue weighted by Gasteiger charge is 2.23. The van der Waals surface area contributed by atoms with Gasteiger partial charge >= 0.3 is 0 Å². The highest BCUT2D eigenvalue weighted by Crippen LogP contribution is 2.22. The smallest absolute Gasteiger partial charge is 0.253 e. The van der Waals surface area contributed by atoms with E-state index in [1.807, 2.05) is 48.5 Å². The topological polar surface area (TPSA) is 38.1 Å². The Morgan fingerprint density at radius 1 is 1.23 bits per heavy atom. The number of hydrogen-bond acceptors (Lipinski definition) is 2. The second-order valence-electron chi connectivity index (χ2n) is 6.14. The van der Waals surface area contributed by atoms with E-state index in [9.17, 15) is 4.79 Å². The van der Waals surface area contributed by atoms with Crippen LogP contribution in [0.25, 0.3) is 0 Å². The van der Waals surface area contributed by atoms with Crippen LogP contribution in [0.15, 0.2) is 42.9 Å². The fraction of sp³-hybridized carbons (Fsp3) is 0.444. The quantitative estimate of drug-likeness (QED) is 0.869. The van der Waals surface area contributed by atoms with Crippen LogP contribution in [0.3, 0.4) is 0 Å². The van der Waals surface area contributed by atoms with Crippen molar-refractivity contribution in [3.63, 3.8) is 0 Å². The number of carbonyl (C=O) groups is 1. The van der Waals surface area contributed by atoms with E-state index in [0.717, 1.165) is 43.7 Å². The van der Waals surface area contributed by atoms with Crippen molar-refractivity contribution in [1.29, 1.82) is 0 Å². The Morgan fingerprint density at radius 3 is 2.59 bits per heavy atom. The van der Waals surface area contributed by atoms with Crippen LogP contribution in [-0.2, 0) is 6.54 Å². The van der Waals surface area contributed by atoms with Gasteiger partial charge < -0.3 is 9.47 Å². The van der Waals surface area contributed by atoms with E-state index in [1.54, 1.807) is 0 Å². The minimum atomic E-state index is 0.171. The first-order valence-corrected chi connectivity index (χ1v) is 8.05. The Bertz CT molecular complexity index is 612. The average molecular weight is 297 g/mol. The molecule has 0 spiro atoms. The molecular weight excluding hydrogens is 274 g/mol. The SMILES string of the molecule is Cc1cn(CCC2CCN(C(=O)c3ccccc3)CC2)cn1. The van der Waals surface area contributed by atoms with Crippen LogP contribution < -0.4 is 0 Å². The number of aryl methyl sites for hydroxylation is 2. The maximum Gasteiger partial charge on any atom is 0.253 e. The number of nitrogens with zero attached hydrogens (tertiary/aromatic N) is 3. The van der Waals surface area contributed by atoms with Crippen LogP contribution >= 0.6 is 0 Å². The summed E-state index contributed by atoms with van der Waals surface area (Å²) in [5, 5.41) is 0. The molecular formula is C18H23N3O. The number of benzene rings is 1. The van der Waals surface area contributed by atoms with E-state index in [-0.39, 0.29) is 5.91 Å². The third-order valence-corrected chi connectivity index (χ3v) is 4.48. The van der Waals surface area contributed by atoms with Crippen molar-refractivity contribution in [2.45, 2.75) is 32.7 Å². The zero-order valence-electron chi connectivity index (χ0n) is 13.1. The molecule has 3 rings (SSSR count). The van der Waals surface area contributed by atoms with Crippen LogP contribution in [0.2, 0.25) is 0 Å². The molecule has 2 aromatic rings. The van der Waals surface area contributed by atoms with Gasteiger partial charge in [0.05, 0.1) is 12.0 Å². The van der Waals surface area contributed by atoms with Crippen molar-refractivity contribution in [3.8, 4) is 0 Å². The highest BCUT2D eigenvalue weighted by atomic mass is 16.2. The van der Waals surface area contributed by atoms with Gasteiger partial charge in [0, 0.05) is 31.4 Å². The number of aromatic nitrogens is 2. The van der Waals surface area contributed by atoms with E-state index in [2.05, 4.69) is 15.7 Å². The van der Waals surface area contributed by atoms with Crippen LogP contribution in [0.1, 0.15) is 35.3 Å². The van der Waals surface area contributed by atoms with E-state index in [1.165, 1.54) is 6.42 Å². The largest absolute Gasteiger partial charge is 0.339 e. The van der Waals surface area contributed by atoms with Gasteiger partial charge in [-0.3, -0.25) is 4.79 Å². The van der Waals surface area contributed by atoms with Crippen molar-refractivity contribution in [2.75, 3.05) is 13.1 Å². The predicted octanol–water partition coefficient (Wildman–Crippen LogP) is 3.13. The number of amides is 1. The fourth-order valence-electron chi connectivity index (χ4n) is 3.11. The van der Waals surface area contributed by atoms with E-state index in [0.29, 0.717) is 5.92 Å². The van der Waals surface area contributed by atoms with Gasteiger partial charge in [0.15, 0.2) is 0 Å². The van der Waals surface area contributed by atoms with Gasteiger partial charge in [0.1, 0.15) is 0 Å². The predicted molar refractivity (Wildman–Crippen MR) is 86.7 cm³/mol. The molecule has 1 amide bonds. The van der Waals surface area contributed by atoms with Gasteiger partial charge in [0.25, 0.3) is 5.91 Å². The van der Waals surface area contributed by atoms with Gasteiger partial charge in [-0.15, -0.1) is 0 Å². The molecule has 1 aromatic heterocycles. The number of piperidine rings is 1. The summed E-state index contributed by atoms with van der Waals surface area (Å²) in [7, 11) is 0. The zero-order valence-corrected chi connectivity index (χ0v) is 13.1. The lowest BCUT2D eigenvalue weighted by molar-refractivity contribution is 0.0685. The van der Waals surface area contributed by atoms with Crippen molar-refractivity contribution < 1.29 is 4.79 Å². The molecule has 1 saturated heterocycles. The van der Waals surface area contributed by atoms with Gasteiger partial charge in [0.2, 0.25) is 0 Å². The molecule has 116 valence electrons. The minimum absolute atomic E-state index is 0.171. The molecule has 0 aliphatic carbocycles. The molecule has 0 unspecified atom stereocenters. The zero-order chi connectivity index (χ0) is 15.4. The van der Waals surface area contributed by atoms with Crippen LogP contribution in [0, 0.1) is 12.8 Å². The summed E-state index contributed by atoms with van der Waals surface area (Å²) in [5.74, 6) is 0.881. The summed E-state index contributed by atoms with van der Waals surface area (Å²) in [6.45, 7) is 4.80. The van der Waals surface area contributed by atoms with E-state index >= 15 is 0 Å². The van der Waals surface area contributed by atoms with Crippen molar-refractivity contribution in [2.24, 2.45) is 5.92 Å². The fourth-order valence-corrected chi connectivity index (χ4v) is 3.11. The summed E-state index contributed by atoms with van der Waals surface area (Å²) in [4.78, 5) is 18.7. The first kappa shape index (κ1) is 14.8. The van der Waals surface area contributed by atoms with Gasteiger partial charge in [-0.1, -0.05) is 18.2 Å². The molecule has 22 heavy (non-hydrogen) atoms. The van der Waals surface area contributed by atoms with Crippen LogP contribution in [0.4, 0.5) is 0 Å². The number of likely N-dealkylation sites (tertiary alicyclic amines) is 1. The lowest BCUT2D eigenvalue weighted by Crippen LogP contribution is -2.38. The first-order valence-electron chi connectivity index (χ1n) is 8.05. The second-order valence-corrected chi connectivity index (χ2v) is 6.14. The van der Waals surface area contributed by atoms with E-state index in [4.69, 9.17) is 0 Å². The second kappa shape index (κ2) is 6.77. The van der Waals surface area contributed by atoms with Gasteiger partial charge in [-0.2, -0.15) is 0 Å². The lowest BCUT2D eigenvalue weighted by atomic mass is 9.93. The lowest BCUT2D eigenvalue weighted by Gasteiger charge is -2.32. The normalized spacial score (nSPS) is 16.0. The molecule has 4 nitrogen and oxygen atoms in total. The minimum Gasteiger partial charge on any atom is -0.339 e. The molecule has 1 aliphatic rings. The maximum absolute atomic E-state index is 12.4. The third kappa shape index (κ3) is 3.56. The number of hydrogen-bond donors (Lipinski definition) is 0. The van der Waals surface area contributed by atoms with Gasteiger partial charge in [-0.05, 0) is 44.2 Å². The molecule has 0 atom stereocenters. The third-order valence-electron chi connectivity index (χ3n) is 4.48. The Hall–Kier alpha value is -2.10. The molecule has 0 N–H and O–H groups in total. The van der Waals surface area contributed by atoms with E-state index < -0.39 is 0 Å². The maximum atomic E-state index is 12.4. The van der Waals surface area contributed by atoms with Crippen molar-refractivity contribution in [3.05, 3.63) is 54.1 Å². The molecule has 1 aromatic carbocycles. The number of rotatable bonds is 4. The summed E-state index contributed by atoms with van der Waals surface area (Å²) in [5.41, 5.74) is 1.87. The van der Waals surface area contributed by atoms with Crippen molar-refractivity contribution >= 4 is 5.91 Å². The molecule has 0 saturated carbocycles. The standard InChI is InChI=1S/C18H23N3O/c1-15-13-20(14-19-15)10-7-16-8-11-21(12-9-16)18(22)17-5-3-2-4-6-17/h2-6,13-14,16H,7-12H2,1H3. The molecule has 2 heterocycles. The summed E-state index contributed by atoms with van der Waals surface area (Å²) in [6, 6.07) is 9.59.